The highest BCUT2D eigenvalue weighted by Crippen LogP contribution is 2.44. The van der Waals surface area contributed by atoms with E-state index in [1.165, 1.54) is 25.3 Å². The van der Waals surface area contributed by atoms with Crippen molar-refractivity contribution in [2.24, 2.45) is 0 Å². The van der Waals surface area contributed by atoms with Crippen molar-refractivity contribution < 1.29 is 23.0 Å². The normalized spacial score (nSPS) is 23.3. The summed E-state index contributed by atoms with van der Waals surface area (Å²) in [5, 5.41) is 1.09. The summed E-state index contributed by atoms with van der Waals surface area (Å²) in [6.07, 6.45) is 4.10. The van der Waals surface area contributed by atoms with Crippen LogP contribution in [0.1, 0.15) is 41.8 Å². The van der Waals surface area contributed by atoms with E-state index in [1.54, 1.807) is 0 Å². The van der Waals surface area contributed by atoms with Crippen molar-refractivity contribution in [3.8, 4) is 0 Å². The lowest BCUT2D eigenvalue weighted by Crippen LogP contribution is -2.49. The molecule has 1 saturated heterocycles. The van der Waals surface area contributed by atoms with Crippen LogP contribution in [0.4, 0.5) is 8.78 Å². The molecule has 0 amide bonds. The third-order valence-corrected chi connectivity index (χ3v) is 6.74. The van der Waals surface area contributed by atoms with Gasteiger partial charge in [0.1, 0.15) is 11.6 Å². The quantitative estimate of drug-likeness (QED) is 0.458. The van der Waals surface area contributed by atoms with Crippen LogP contribution in [-0.2, 0) is 20.7 Å². The standard InChI is InChI=1S/C26H26F2N2O3/c1-15-11-19-18-5-3-4-6-22(18)29-25(19)26(30(15)17-9-10-33-14-17)24-20(27)12-16(13-21(24)28)7-8-23(31)32-2/h3-8,12-13,15,17,26,29H,9-11,14H2,1-2H3/b8-7+/t15-,17+,26-/m1/s1. The number of ether oxygens (including phenoxy) is 2. The van der Waals surface area contributed by atoms with Crippen molar-refractivity contribution in [2.75, 3.05) is 20.3 Å². The van der Waals surface area contributed by atoms with Gasteiger partial charge in [-0.25, -0.2) is 13.6 Å². The number of aromatic amines is 1. The highest BCUT2D eigenvalue weighted by Gasteiger charge is 2.42. The molecule has 0 radical (unpaired) electrons. The van der Waals surface area contributed by atoms with Crippen LogP contribution in [0.15, 0.2) is 42.5 Å². The molecule has 0 bridgehead atoms. The van der Waals surface area contributed by atoms with E-state index in [0.717, 1.165) is 41.1 Å². The number of nitrogens with one attached hydrogen (secondary N) is 1. The van der Waals surface area contributed by atoms with Crippen molar-refractivity contribution in [1.29, 1.82) is 0 Å². The summed E-state index contributed by atoms with van der Waals surface area (Å²) in [5.74, 6) is -1.88. The number of benzene rings is 2. The Kier molecular flexibility index (Phi) is 5.76. The zero-order valence-electron chi connectivity index (χ0n) is 18.6. The van der Waals surface area contributed by atoms with Crippen LogP contribution in [0.5, 0.6) is 0 Å². The highest BCUT2D eigenvalue weighted by atomic mass is 19.1. The summed E-state index contributed by atoms with van der Waals surface area (Å²) in [5.41, 5.74) is 3.17. The number of fused-ring (bicyclic) bond motifs is 3. The molecule has 172 valence electrons. The molecule has 0 aliphatic carbocycles. The maximum absolute atomic E-state index is 15.6. The van der Waals surface area contributed by atoms with Crippen LogP contribution in [-0.4, -0.2) is 48.3 Å². The summed E-state index contributed by atoms with van der Waals surface area (Å²) in [4.78, 5) is 17.1. The van der Waals surface area contributed by atoms with E-state index < -0.39 is 23.6 Å². The molecule has 0 spiro atoms. The smallest absolute Gasteiger partial charge is 0.330 e. The van der Waals surface area contributed by atoms with E-state index in [-0.39, 0.29) is 23.2 Å². The zero-order chi connectivity index (χ0) is 23.1. The summed E-state index contributed by atoms with van der Waals surface area (Å²) in [6, 6.07) is 10.1. The van der Waals surface area contributed by atoms with Gasteiger partial charge in [-0.3, -0.25) is 4.90 Å². The van der Waals surface area contributed by atoms with Crippen LogP contribution in [0.3, 0.4) is 0 Å². The second-order valence-corrected chi connectivity index (χ2v) is 8.74. The van der Waals surface area contributed by atoms with Gasteiger partial charge in [-0.2, -0.15) is 0 Å². The summed E-state index contributed by atoms with van der Waals surface area (Å²) >= 11 is 0. The fourth-order valence-electron chi connectivity index (χ4n) is 5.29. The number of carbonyl (C=O) groups is 1. The number of methoxy groups -OCH3 is 1. The van der Waals surface area contributed by atoms with Gasteiger partial charge in [0.05, 0.1) is 19.8 Å². The van der Waals surface area contributed by atoms with Crippen molar-refractivity contribution in [3.63, 3.8) is 0 Å². The largest absolute Gasteiger partial charge is 0.466 e. The lowest BCUT2D eigenvalue weighted by atomic mass is 9.86. The van der Waals surface area contributed by atoms with Gasteiger partial charge in [0.25, 0.3) is 0 Å². The van der Waals surface area contributed by atoms with Gasteiger partial charge in [0.2, 0.25) is 0 Å². The van der Waals surface area contributed by atoms with Crippen molar-refractivity contribution in [1.82, 2.24) is 9.88 Å². The second kappa shape index (κ2) is 8.72. The molecule has 7 heteroatoms. The van der Waals surface area contributed by atoms with E-state index >= 15 is 8.78 Å². The fourth-order valence-corrected chi connectivity index (χ4v) is 5.29. The first-order valence-electron chi connectivity index (χ1n) is 11.2. The van der Waals surface area contributed by atoms with Crippen LogP contribution in [0, 0.1) is 11.6 Å². The Bertz CT molecular complexity index is 1210. The van der Waals surface area contributed by atoms with Gasteiger partial charge in [0, 0.05) is 46.9 Å². The van der Waals surface area contributed by atoms with Crippen molar-refractivity contribution >= 4 is 22.9 Å². The third-order valence-electron chi connectivity index (χ3n) is 6.74. The van der Waals surface area contributed by atoms with E-state index in [9.17, 15) is 4.79 Å². The lowest BCUT2D eigenvalue weighted by molar-refractivity contribution is -0.134. The molecule has 3 atom stereocenters. The molecule has 0 saturated carbocycles. The Morgan fingerprint density at radius 3 is 2.70 bits per heavy atom. The number of nitrogens with zero attached hydrogens (tertiary/aromatic N) is 1. The molecule has 5 rings (SSSR count). The summed E-state index contributed by atoms with van der Waals surface area (Å²) in [6.45, 7) is 3.29. The molecule has 1 fully saturated rings. The Hall–Kier alpha value is -3.03. The Labute approximate surface area is 191 Å². The fraction of sp³-hybridized carbons (Fsp3) is 0.346. The molecule has 3 aromatic rings. The van der Waals surface area contributed by atoms with Crippen molar-refractivity contribution in [3.05, 3.63) is 76.5 Å². The molecule has 33 heavy (non-hydrogen) atoms. The van der Waals surface area contributed by atoms with Crippen molar-refractivity contribution in [2.45, 2.75) is 37.9 Å². The Morgan fingerprint density at radius 2 is 2.00 bits per heavy atom. The molecule has 2 aromatic carbocycles. The highest BCUT2D eigenvalue weighted by molar-refractivity contribution is 5.87. The minimum atomic E-state index is -0.646. The van der Waals surface area contributed by atoms with E-state index in [1.807, 2.05) is 18.2 Å². The number of hydrogen-bond acceptors (Lipinski definition) is 4. The van der Waals surface area contributed by atoms with Gasteiger partial charge in [-0.05, 0) is 55.2 Å². The minimum Gasteiger partial charge on any atom is -0.466 e. The number of aromatic nitrogens is 1. The van der Waals surface area contributed by atoms with E-state index in [4.69, 9.17) is 4.74 Å². The SMILES string of the molecule is COC(=O)/C=C/c1cc(F)c([C@@H]2c3[nH]c4ccccc4c3C[C@@H](C)N2[C@H]2CCOC2)c(F)c1. The molecule has 1 N–H and O–H groups in total. The molecule has 1 aromatic heterocycles. The first-order chi connectivity index (χ1) is 16.0. The van der Waals surface area contributed by atoms with Crippen LogP contribution < -0.4 is 0 Å². The minimum absolute atomic E-state index is 0.0106. The number of para-hydroxylation sites is 1. The average Bonchev–Trinajstić information content (AvgIpc) is 3.45. The molecule has 3 heterocycles. The molecule has 5 nitrogen and oxygen atoms in total. The first kappa shape index (κ1) is 21.8. The Morgan fingerprint density at radius 1 is 1.24 bits per heavy atom. The van der Waals surface area contributed by atoms with Gasteiger partial charge < -0.3 is 14.5 Å². The topological polar surface area (TPSA) is 54.6 Å². The molecule has 2 aliphatic rings. The number of H-pyrrole nitrogens is 1. The molecular weight excluding hydrogens is 426 g/mol. The molecule has 0 unspecified atom stereocenters. The monoisotopic (exact) mass is 452 g/mol. The average molecular weight is 453 g/mol. The summed E-state index contributed by atoms with van der Waals surface area (Å²) in [7, 11) is 1.25. The maximum Gasteiger partial charge on any atom is 0.330 e. The molecule has 2 aliphatic heterocycles. The number of carbonyl (C=O) groups excluding carboxylic acids is 1. The lowest BCUT2D eigenvalue weighted by Gasteiger charge is -2.44. The number of halogens is 2. The third kappa shape index (κ3) is 3.85. The number of rotatable bonds is 4. The Balaban J connectivity index is 1.66. The maximum atomic E-state index is 15.6. The summed E-state index contributed by atoms with van der Waals surface area (Å²) < 4.78 is 41.4. The van der Waals surface area contributed by atoms with Gasteiger partial charge in [0.15, 0.2) is 0 Å². The van der Waals surface area contributed by atoms with Crippen LogP contribution in [0.25, 0.3) is 17.0 Å². The van der Waals surface area contributed by atoms with Crippen LogP contribution in [0.2, 0.25) is 0 Å². The van der Waals surface area contributed by atoms with Gasteiger partial charge >= 0.3 is 5.97 Å². The first-order valence-corrected chi connectivity index (χ1v) is 11.2. The number of esters is 1. The van der Waals surface area contributed by atoms with E-state index in [0.29, 0.717) is 13.2 Å². The predicted octanol–water partition coefficient (Wildman–Crippen LogP) is 4.76. The molecular formula is C26H26F2N2O3. The van der Waals surface area contributed by atoms with Crippen LogP contribution >= 0.6 is 0 Å². The van der Waals surface area contributed by atoms with Gasteiger partial charge in [-0.1, -0.05) is 18.2 Å². The number of hydrogen-bond donors (Lipinski definition) is 1. The van der Waals surface area contributed by atoms with E-state index in [2.05, 4.69) is 27.6 Å². The predicted molar refractivity (Wildman–Crippen MR) is 122 cm³/mol. The van der Waals surface area contributed by atoms with Gasteiger partial charge in [-0.15, -0.1) is 0 Å². The zero-order valence-corrected chi connectivity index (χ0v) is 18.6. The second-order valence-electron chi connectivity index (χ2n) is 8.74.